The minimum atomic E-state index is -0.950. The van der Waals surface area contributed by atoms with Gasteiger partial charge in [0, 0.05) is 19.3 Å². The Morgan fingerprint density at radius 1 is 1.50 bits per heavy atom. The molecule has 0 aliphatic carbocycles. The quantitative estimate of drug-likeness (QED) is 0.557. The van der Waals surface area contributed by atoms with Gasteiger partial charge in [0.1, 0.15) is 0 Å². The highest BCUT2D eigenvalue weighted by Gasteiger charge is 2.10. The maximum atomic E-state index is 11.0. The predicted molar refractivity (Wildman–Crippen MR) is 74.2 cm³/mol. The lowest BCUT2D eigenvalue weighted by atomic mass is 10.1. The molecule has 98 valence electrons. The van der Waals surface area contributed by atoms with Crippen molar-refractivity contribution in [2.75, 3.05) is 25.6 Å². The molecule has 1 aromatic carbocycles. The van der Waals surface area contributed by atoms with Crippen molar-refractivity contribution in [2.24, 2.45) is 0 Å². The van der Waals surface area contributed by atoms with Gasteiger partial charge < -0.3 is 20.5 Å². The molecule has 6 heteroatoms. The molecule has 0 atom stereocenters. The van der Waals surface area contributed by atoms with Crippen LogP contribution in [0, 0.1) is 6.92 Å². The molecule has 18 heavy (non-hydrogen) atoms. The van der Waals surface area contributed by atoms with E-state index < -0.39 is 5.97 Å². The number of nitrogens with one attached hydrogen (secondary N) is 2. The monoisotopic (exact) mass is 268 g/mol. The molecule has 0 amide bonds. The van der Waals surface area contributed by atoms with Crippen molar-refractivity contribution in [3.63, 3.8) is 0 Å². The number of rotatable bonds is 5. The van der Waals surface area contributed by atoms with Crippen molar-refractivity contribution < 1.29 is 14.6 Å². The van der Waals surface area contributed by atoms with Gasteiger partial charge in [-0.05, 0) is 36.8 Å². The molecule has 0 radical (unpaired) electrons. The van der Waals surface area contributed by atoms with Crippen molar-refractivity contribution in [3.05, 3.63) is 29.3 Å². The van der Waals surface area contributed by atoms with E-state index in [1.165, 1.54) is 0 Å². The molecule has 5 nitrogen and oxygen atoms in total. The first-order valence-electron chi connectivity index (χ1n) is 5.43. The van der Waals surface area contributed by atoms with E-state index in [2.05, 4.69) is 10.6 Å². The van der Waals surface area contributed by atoms with Crippen LogP contribution in [0.5, 0.6) is 0 Å². The van der Waals surface area contributed by atoms with Crippen molar-refractivity contribution in [2.45, 2.75) is 6.92 Å². The maximum absolute atomic E-state index is 11.0. The second-order valence-electron chi connectivity index (χ2n) is 3.66. The van der Waals surface area contributed by atoms with E-state index in [-0.39, 0.29) is 5.56 Å². The second kappa shape index (κ2) is 6.93. The summed E-state index contributed by atoms with van der Waals surface area (Å²) in [5.74, 6) is -0.950. The Kier molecular flexibility index (Phi) is 5.54. The zero-order valence-corrected chi connectivity index (χ0v) is 11.1. The molecular weight excluding hydrogens is 252 g/mol. The van der Waals surface area contributed by atoms with Crippen molar-refractivity contribution in [1.82, 2.24) is 5.32 Å². The minimum Gasteiger partial charge on any atom is -0.478 e. The number of carboxylic acids is 1. The Hall–Kier alpha value is -1.66. The Morgan fingerprint density at radius 3 is 2.83 bits per heavy atom. The number of carboxylic acid groups (broad SMARTS) is 1. The number of methoxy groups -OCH3 is 1. The Balaban J connectivity index is 2.70. The smallest absolute Gasteiger partial charge is 0.336 e. The van der Waals surface area contributed by atoms with Crippen LogP contribution >= 0.6 is 12.2 Å². The van der Waals surface area contributed by atoms with Crippen LogP contribution in [-0.4, -0.2) is 36.4 Å². The van der Waals surface area contributed by atoms with E-state index in [9.17, 15) is 4.79 Å². The summed E-state index contributed by atoms with van der Waals surface area (Å²) in [6, 6.07) is 5.02. The maximum Gasteiger partial charge on any atom is 0.336 e. The normalized spacial score (nSPS) is 9.89. The molecule has 0 aliphatic rings. The van der Waals surface area contributed by atoms with Crippen LogP contribution in [0.2, 0.25) is 0 Å². The van der Waals surface area contributed by atoms with E-state index in [0.717, 1.165) is 0 Å². The van der Waals surface area contributed by atoms with Crippen LogP contribution in [0.25, 0.3) is 0 Å². The lowest BCUT2D eigenvalue weighted by molar-refractivity contribution is 0.0696. The van der Waals surface area contributed by atoms with Crippen molar-refractivity contribution >= 4 is 29.0 Å². The van der Waals surface area contributed by atoms with Gasteiger partial charge in [0.25, 0.3) is 0 Å². The van der Waals surface area contributed by atoms with E-state index in [0.29, 0.717) is 29.5 Å². The average Bonchev–Trinajstić information content (AvgIpc) is 2.32. The molecule has 0 spiro atoms. The Labute approximate surface area is 111 Å². The highest BCUT2D eigenvalue weighted by atomic mass is 32.1. The highest BCUT2D eigenvalue weighted by Crippen LogP contribution is 2.18. The van der Waals surface area contributed by atoms with Crippen molar-refractivity contribution in [3.8, 4) is 0 Å². The first-order valence-corrected chi connectivity index (χ1v) is 5.83. The summed E-state index contributed by atoms with van der Waals surface area (Å²) in [6.07, 6.45) is 0. The van der Waals surface area contributed by atoms with E-state index in [1.54, 1.807) is 32.2 Å². The minimum absolute atomic E-state index is 0.264. The number of benzene rings is 1. The molecule has 1 rings (SSSR count). The zero-order chi connectivity index (χ0) is 13.5. The average molecular weight is 268 g/mol. The van der Waals surface area contributed by atoms with Gasteiger partial charge in [0.2, 0.25) is 0 Å². The molecule has 0 aliphatic heterocycles. The van der Waals surface area contributed by atoms with Gasteiger partial charge in [0.05, 0.1) is 12.2 Å². The van der Waals surface area contributed by atoms with Crippen molar-refractivity contribution in [1.29, 1.82) is 0 Å². The molecule has 0 fully saturated rings. The number of anilines is 1. The fourth-order valence-corrected chi connectivity index (χ4v) is 1.65. The summed E-state index contributed by atoms with van der Waals surface area (Å²) in [7, 11) is 1.61. The van der Waals surface area contributed by atoms with Gasteiger partial charge in [-0.15, -0.1) is 0 Å². The fourth-order valence-electron chi connectivity index (χ4n) is 1.44. The number of ether oxygens (including phenoxy) is 1. The number of carbonyl (C=O) groups is 1. The summed E-state index contributed by atoms with van der Waals surface area (Å²) in [5, 5.41) is 15.4. The van der Waals surface area contributed by atoms with Gasteiger partial charge >= 0.3 is 5.97 Å². The van der Waals surface area contributed by atoms with Gasteiger partial charge in [0.15, 0.2) is 5.11 Å². The summed E-state index contributed by atoms with van der Waals surface area (Å²) >= 11 is 5.09. The summed E-state index contributed by atoms with van der Waals surface area (Å²) in [6.45, 7) is 2.89. The fraction of sp³-hybridized carbons (Fsp3) is 0.333. The van der Waals surface area contributed by atoms with Gasteiger partial charge in [-0.2, -0.15) is 0 Å². The van der Waals surface area contributed by atoms with Gasteiger partial charge in [-0.1, -0.05) is 6.07 Å². The number of hydrogen-bond donors (Lipinski definition) is 3. The molecule has 3 N–H and O–H groups in total. The predicted octanol–water partition coefficient (Wildman–Crippen LogP) is 1.63. The molecule has 0 bridgehead atoms. The third-order valence-corrected chi connectivity index (χ3v) is 2.65. The molecular formula is C12H16N2O3S. The SMILES string of the molecule is COCCNC(=S)Nc1cccc(C(=O)O)c1C. The van der Waals surface area contributed by atoms with E-state index >= 15 is 0 Å². The third kappa shape index (κ3) is 3.97. The summed E-state index contributed by atoms with van der Waals surface area (Å²) in [5.41, 5.74) is 1.60. The van der Waals surface area contributed by atoms with E-state index in [1.807, 2.05) is 0 Å². The molecule has 0 saturated heterocycles. The molecule has 1 aromatic rings. The van der Waals surface area contributed by atoms with Crippen LogP contribution < -0.4 is 10.6 Å². The van der Waals surface area contributed by atoms with E-state index in [4.69, 9.17) is 22.1 Å². The lowest BCUT2D eigenvalue weighted by Gasteiger charge is -2.13. The van der Waals surface area contributed by atoms with Gasteiger partial charge in [-0.25, -0.2) is 4.79 Å². The van der Waals surface area contributed by atoms with Crippen LogP contribution in [0.15, 0.2) is 18.2 Å². The number of hydrogen-bond acceptors (Lipinski definition) is 3. The first-order chi connectivity index (χ1) is 8.56. The first kappa shape index (κ1) is 14.4. The highest BCUT2D eigenvalue weighted by molar-refractivity contribution is 7.80. The molecule has 0 saturated carbocycles. The molecule has 0 unspecified atom stereocenters. The summed E-state index contributed by atoms with van der Waals surface area (Å²) in [4.78, 5) is 11.0. The van der Waals surface area contributed by atoms with Crippen LogP contribution in [0.3, 0.4) is 0 Å². The Morgan fingerprint density at radius 2 is 2.22 bits per heavy atom. The number of aromatic carboxylic acids is 1. The lowest BCUT2D eigenvalue weighted by Crippen LogP contribution is -2.31. The van der Waals surface area contributed by atoms with Crippen LogP contribution in [0.1, 0.15) is 15.9 Å². The van der Waals surface area contributed by atoms with Gasteiger partial charge in [-0.3, -0.25) is 0 Å². The van der Waals surface area contributed by atoms with Crippen LogP contribution in [0.4, 0.5) is 5.69 Å². The topological polar surface area (TPSA) is 70.6 Å². The third-order valence-electron chi connectivity index (χ3n) is 2.40. The number of thiocarbonyl (C=S) groups is 1. The standard InChI is InChI=1S/C12H16N2O3S/c1-8-9(11(15)16)4-3-5-10(8)14-12(18)13-6-7-17-2/h3-5H,6-7H2,1-2H3,(H,15,16)(H2,13,14,18). The summed E-state index contributed by atoms with van der Waals surface area (Å²) < 4.78 is 4.89. The molecule has 0 heterocycles. The zero-order valence-electron chi connectivity index (χ0n) is 10.3. The second-order valence-corrected chi connectivity index (χ2v) is 4.07. The largest absolute Gasteiger partial charge is 0.478 e. The van der Waals surface area contributed by atoms with Crippen LogP contribution in [-0.2, 0) is 4.74 Å². The Bertz CT molecular complexity index is 449. The molecule has 0 aromatic heterocycles.